The van der Waals surface area contributed by atoms with Gasteiger partial charge in [0.05, 0.1) is 17.1 Å². The maximum Gasteiger partial charge on any atom is 0.140 e. The van der Waals surface area contributed by atoms with Gasteiger partial charge >= 0.3 is 0 Å². The van der Waals surface area contributed by atoms with Gasteiger partial charge in [0.15, 0.2) is 0 Å². The molecule has 0 saturated carbocycles. The first-order valence-electron chi connectivity index (χ1n) is 6.67. The Balaban J connectivity index is 2.08. The fraction of sp³-hybridized carbons (Fsp3) is 0.176. The second kappa shape index (κ2) is 5.18. The Morgan fingerprint density at radius 3 is 2.70 bits per heavy atom. The highest BCUT2D eigenvalue weighted by atomic mass is 15.1. The lowest BCUT2D eigenvalue weighted by atomic mass is 10.1. The summed E-state index contributed by atoms with van der Waals surface area (Å²) in [5.41, 5.74) is 4.38. The number of aromatic nitrogens is 2. The van der Waals surface area contributed by atoms with E-state index in [1.807, 2.05) is 25.2 Å². The molecule has 0 bridgehead atoms. The highest BCUT2D eigenvalue weighted by molar-refractivity contribution is 5.81. The Morgan fingerprint density at radius 2 is 1.95 bits per heavy atom. The fourth-order valence-corrected chi connectivity index (χ4v) is 2.45. The van der Waals surface area contributed by atoms with E-state index in [1.165, 1.54) is 0 Å². The summed E-state index contributed by atoms with van der Waals surface area (Å²) in [5.74, 6) is 0.970. The van der Waals surface area contributed by atoms with Crippen molar-refractivity contribution >= 4 is 11.0 Å². The molecule has 0 saturated heterocycles. The minimum absolute atomic E-state index is 0.546. The minimum atomic E-state index is 0.546. The lowest BCUT2D eigenvalue weighted by Crippen LogP contribution is -1.92. The maximum atomic E-state index is 8.67. The molecule has 0 spiro atoms. The maximum absolute atomic E-state index is 8.67. The number of hydrogen-bond donors (Lipinski definition) is 0. The van der Waals surface area contributed by atoms with Crippen molar-refractivity contribution in [3.8, 4) is 17.5 Å². The number of fused-ring (bicyclic) bond motifs is 1. The standard InChI is InChI=1S/C17H15N3/c1-20-16-10-9-13(6-5-11-18)12-15(16)19-17(20)14-7-3-2-4-8-14/h2-4,7-10,12H,5-6H2,1H3. The zero-order valence-electron chi connectivity index (χ0n) is 11.4. The predicted octanol–water partition coefficient (Wildman–Crippen LogP) is 3.70. The largest absolute Gasteiger partial charge is 0.327 e. The Bertz CT molecular complexity index is 779. The van der Waals surface area contributed by atoms with Gasteiger partial charge in [-0.15, -0.1) is 0 Å². The van der Waals surface area contributed by atoms with Crippen molar-refractivity contribution in [2.75, 3.05) is 0 Å². The second-order valence-corrected chi connectivity index (χ2v) is 4.84. The summed E-state index contributed by atoms with van der Waals surface area (Å²) >= 11 is 0. The quantitative estimate of drug-likeness (QED) is 0.721. The van der Waals surface area contributed by atoms with Crippen molar-refractivity contribution in [1.82, 2.24) is 9.55 Å². The molecule has 0 amide bonds. The summed E-state index contributed by atoms with van der Waals surface area (Å²) in [6.07, 6.45) is 1.33. The van der Waals surface area contributed by atoms with E-state index in [0.717, 1.165) is 34.4 Å². The number of nitriles is 1. The number of benzene rings is 2. The first-order valence-corrected chi connectivity index (χ1v) is 6.67. The van der Waals surface area contributed by atoms with Gasteiger partial charge in [0, 0.05) is 19.0 Å². The Kier molecular flexibility index (Phi) is 3.22. The molecule has 0 radical (unpaired) electrons. The summed E-state index contributed by atoms with van der Waals surface area (Å²) in [6, 6.07) is 18.6. The van der Waals surface area contributed by atoms with Crippen molar-refractivity contribution in [2.24, 2.45) is 7.05 Å². The van der Waals surface area contributed by atoms with Gasteiger partial charge < -0.3 is 4.57 Å². The van der Waals surface area contributed by atoms with Crippen LogP contribution in [0.2, 0.25) is 0 Å². The number of imidazole rings is 1. The van der Waals surface area contributed by atoms with Crippen molar-refractivity contribution in [1.29, 1.82) is 5.26 Å². The molecule has 3 nitrogen and oxygen atoms in total. The highest BCUT2D eigenvalue weighted by Gasteiger charge is 2.09. The Labute approximate surface area is 118 Å². The molecule has 20 heavy (non-hydrogen) atoms. The molecule has 2 aromatic carbocycles. The highest BCUT2D eigenvalue weighted by Crippen LogP contribution is 2.24. The van der Waals surface area contributed by atoms with Crippen LogP contribution in [0.15, 0.2) is 48.5 Å². The number of aryl methyl sites for hydroxylation is 2. The molecule has 0 N–H and O–H groups in total. The van der Waals surface area contributed by atoms with E-state index < -0.39 is 0 Å². The molecule has 0 fully saturated rings. The molecule has 3 rings (SSSR count). The molecular formula is C17H15N3. The van der Waals surface area contributed by atoms with Crippen molar-refractivity contribution in [3.63, 3.8) is 0 Å². The molecule has 0 atom stereocenters. The first-order chi connectivity index (χ1) is 9.79. The third-order valence-corrected chi connectivity index (χ3v) is 3.50. The van der Waals surface area contributed by atoms with Crippen molar-refractivity contribution < 1.29 is 0 Å². The van der Waals surface area contributed by atoms with Crippen LogP contribution >= 0.6 is 0 Å². The topological polar surface area (TPSA) is 41.6 Å². The van der Waals surface area contributed by atoms with Crippen LogP contribution < -0.4 is 0 Å². The summed E-state index contributed by atoms with van der Waals surface area (Å²) in [4.78, 5) is 4.73. The average molecular weight is 261 g/mol. The zero-order valence-corrected chi connectivity index (χ0v) is 11.4. The molecule has 0 aliphatic heterocycles. The van der Waals surface area contributed by atoms with Crippen molar-refractivity contribution in [2.45, 2.75) is 12.8 Å². The molecule has 0 unspecified atom stereocenters. The second-order valence-electron chi connectivity index (χ2n) is 4.84. The monoisotopic (exact) mass is 261 g/mol. The number of nitrogens with zero attached hydrogens (tertiary/aromatic N) is 3. The zero-order chi connectivity index (χ0) is 13.9. The van der Waals surface area contributed by atoms with Crippen LogP contribution in [0.4, 0.5) is 0 Å². The summed E-state index contributed by atoms with van der Waals surface area (Å²) in [6.45, 7) is 0. The summed E-state index contributed by atoms with van der Waals surface area (Å²) in [7, 11) is 2.03. The van der Waals surface area contributed by atoms with Crippen LogP contribution in [0.3, 0.4) is 0 Å². The molecule has 0 aliphatic rings. The van der Waals surface area contributed by atoms with E-state index in [-0.39, 0.29) is 0 Å². The Morgan fingerprint density at radius 1 is 1.15 bits per heavy atom. The van der Waals surface area contributed by atoms with Crippen LogP contribution in [0.1, 0.15) is 12.0 Å². The van der Waals surface area contributed by atoms with E-state index in [9.17, 15) is 0 Å². The normalized spacial score (nSPS) is 10.6. The van der Waals surface area contributed by atoms with E-state index >= 15 is 0 Å². The molecule has 1 heterocycles. The van der Waals surface area contributed by atoms with Crippen LogP contribution in [0.25, 0.3) is 22.4 Å². The van der Waals surface area contributed by atoms with Gasteiger partial charge in [-0.1, -0.05) is 36.4 Å². The van der Waals surface area contributed by atoms with E-state index in [0.29, 0.717) is 6.42 Å². The summed E-state index contributed by atoms with van der Waals surface area (Å²) < 4.78 is 2.11. The molecule has 3 aromatic rings. The van der Waals surface area contributed by atoms with Gasteiger partial charge in [-0.2, -0.15) is 5.26 Å². The molecule has 1 aromatic heterocycles. The van der Waals surface area contributed by atoms with Crippen LogP contribution in [-0.2, 0) is 13.5 Å². The van der Waals surface area contributed by atoms with Gasteiger partial charge in [0.25, 0.3) is 0 Å². The number of hydrogen-bond acceptors (Lipinski definition) is 2. The van der Waals surface area contributed by atoms with E-state index in [4.69, 9.17) is 10.2 Å². The van der Waals surface area contributed by atoms with Gasteiger partial charge in [0.1, 0.15) is 5.82 Å². The van der Waals surface area contributed by atoms with Gasteiger partial charge in [-0.05, 0) is 24.1 Å². The third-order valence-electron chi connectivity index (χ3n) is 3.50. The van der Waals surface area contributed by atoms with Gasteiger partial charge in [-0.25, -0.2) is 4.98 Å². The van der Waals surface area contributed by atoms with Crippen molar-refractivity contribution in [3.05, 3.63) is 54.1 Å². The van der Waals surface area contributed by atoms with Gasteiger partial charge in [0.2, 0.25) is 0 Å². The Hall–Kier alpha value is -2.60. The van der Waals surface area contributed by atoms with E-state index in [2.05, 4.69) is 41.0 Å². The van der Waals surface area contributed by atoms with Crippen LogP contribution in [0.5, 0.6) is 0 Å². The predicted molar refractivity (Wildman–Crippen MR) is 80.1 cm³/mol. The molecule has 3 heteroatoms. The SMILES string of the molecule is Cn1c(-c2ccccc2)nc2cc(CCC#N)ccc21. The van der Waals surface area contributed by atoms with E-state index in [1.54, 1.807) is 0 Å². The minimum Gasteiger partial charge on any atom is -0.327 e. The van der Waals surface area contributed by atoms with Crippen LogP contribution in [-0.4, -0.2) is 9.55 Å². The van der Waals surface area contributed by atoms with Crippen LogP contribution in [0, 0.1) is 11.3 Å². The lowest BCUT2D eigenvalue weighted by molar-refractivity contribution is 0.958. The fourth-order valence-electron chi connectivity index (χ4n) is 2.45. The van der Waals surface area contributed by atoms with Gasteiger partial charge in [-0.3, -0.25) is 0 Å². The molecule has 98 valence electrons. The molecule has 0 aliphatic carbocycles. The smallest absolute Gasteiger partial charge is 0.140 e. The summed E-state index contributed by atoms with van der Waals surface area (Å²) in [5, 5.41) is 8.67. The molecular weight excluding hydrogens is 246 g/mol. The average Bonchev–Trinajstić information content (AvgIpc) is 2.83. The third kappa shape index (κ3) is 2.17. The number of rotatable bonds is 3. The lowest BCUT2D eigenvalue weighted by Gasteiger charge is -2.02. The first kappa shape index (κ1) is 12.4.